The molecule has 3 unspecified atom stereocenters. The number of benzene rings is 3. The molecule has 1 spiro atoms. The van der Waals surface area contributed by atoms with Gasteiger partial charge in [-0.2, -0.15) is 9.97 Å². The number of halogens is 3. The van der Waals surface area contributed by atoms with Crippen molar-refractivity contribution in [3.8, 4) is 28.6 Å². The molecule has 6 aliphatic rings. The predicted octanol–water partition coefficient (Wildman–Crippen LogP) is 6.19. The van der Waals surface area contributed by atoms with Crippen LogP contribution < -0.4 is 19.7 Å². The molecule has 6 heterocycles. The van der Waals surface area contributed by atoms with Gasteiger partial charge in [-0.15, -0.1) is 0 Å². The molecule has 0 radical (unpaired) electrons. The highest BCUT2D eigenvalue weighted by atomic mass is 19.1. The maximum absolute atomic E-state index is 17.2. The van der Waals surface area contributed by atoms with Gasteiger partial charge in [-0.25, -0.2) is 13.2 Å². The molecule has 0 amide bonds. The molecule has 8 nitrogen and oxygen atoms in total. The van der Waals surface area contributed by atoms with Crippen molar-refractivity contribution in [3.63, 3.8) is 0 Å². The smallest absolute Gasteiger partial charge is 0.319 e. The number of rotatable bonds is 5. The lowest BCUT2D eigenvalue weighted by Gasteiger charge is -2.40. The van der Waals surface area contributed by atoms with Gasteiger partial charge in [-0.1, -0.05) is 25.1 Å². The van der Waals surface area contributed by atoms with Crippen LogP contribution in [0.3, 0.4) is 0 Å². The summed E-state index contributed by atoms with van der Waals surface area (Å²) in [7, 11) is 0. The summed E-state index contributed by atoms with van der Waals surface area (Å²) in [5.74, 6) is -1.49. The number of alkyl halides is 1. The van der Waals surface area contributed by atoms with E-state index in [-0.39, 0.29) is 76.4 Å². The van der Waals surface area contributed by atoms with E-state index in [0.717, 1.165) is 44.1 Å². The van der Waals surface area contributed by atoms with Gasteiger partial charge in [0.05, 0.1) is 22.5 Å². The number of nitrogens with one attached hydrogen (secondary N) is 1. The first kappa shape index (κ1) is 29.1. The maximum Gasteiger partial charge on any atom is 0.319 e. The van der Waals surface area contributed by atoms with E-state index < -0.39 is 23.3 Å². The topological polar surface area (TPSA) is 83.0 Å². The van der Waals surface area contributed by atoms with E-state index in [2.05, 4.69) is 20.1 Å². The fourth-order valence-electron chi connectivity index (χ4n) is 9.95. The first-order valence-electron chi connectivity index (χ1n) is 17.5. The number of anilines is 1. The molecule has 1 saturated carbocycles. The van der Waals surface area contributed by atoms with Crippen molar-refractivity contribution in [2.45, 2.75) is 93.7 Å². The summed E-state index contributed by atoms with van der Waals surface area (Å²) < 4.78 is 61.9. The third-order valence-electron chi connectivity index (χ3n) is 12.3. The molecule has 48 heavy (non-hydrogen) atoms. The molecule has 4 saturated heterocycles. The van der Waals surface area contributed by atoms with Crippen LogP contribution in [0, 0.1) is 11.6 Å². The number of hydrogen-bond acceptors (Lipinski definition) is 8. The minimum absolute atomic E-state index is 0.00479. The van der Waals surface area contributed by atoms with Gasteiger partial charge in [-0.05, 0) is 79.0 Å². The van der Waals surface area contributed by atoms with Crippen LogP contribution in [0.2, 0.25) is 0 Å². The van der Waals surface area contributed by atoms with Gasteiger partial charge in [0.1, 0.15) is 36.5 Å². The van der Waals surface area contributed by atoms with Crippen molar-refractivity contribution in [2.24, 2.45) is 0 Å². The molecule has 2 bridgehead atoms. The number of aromatic nitrogens is 2. The minimum Gasteiger partial charge on any atom is -0.508 e. The number of hydrogen-bond donors (Lipinski definition) is 2. The average Bonchev–Trinajstić information content (AvgIpc) is 3.60. The molecule has 1 aliphatic carbocycles. The summed E-state index contributed by atoms with van der Waals surface area (Å²) in [5, 5.41) is 15.9. The molecule has 5 aliphatic heterocycles. The first-order chi connectivity index (χ1) is 23.3. The van der Waals surface area contributed by atoms with E-state index in [1.165, 1.54) is 6.07 Å². The van der Waals surface area contributed by atoms with Crippen LogP contribution in [0.1, 0.15) is 57.4 Å². The SMILES string of the molecule is CCc1cccc2cc(O)cc(-c3c(F)c4c5c(nc(OC[C@@]67CCC8(CC8)N6C[C@H](F)C7)nc5c3F)N3CC5CCC(N5)C3CO4)c12. The zero-order valence-electron chi connectivity index (χ0n) is 26.9. The average molecular weight is 658 g/mol. The van der Waals surface area contributed by atoms with Gasteiger partial charge in [0.2, 0.25) is 0 Å². The van der Waals surface area contributed by atoms with Gasteiger partial charge < -0.3 is 24.8 Å². The van der Waals surface area contributed by atoms with E-state index in [1.807, 2.05) is 25.1 Å². The number of phenols is 1. The lowest BCUT2D eigenvalue weighted by Crippen LogP contribution is -2.60. The molecule has 1 aromatic heterocycles. The molecule has 5 fully saturated rings. The van der Waals surface area contributed by atoms with Crippen LogP contribution in [-0.4, -0.2) is 81.7 Å². The number of phenolic OH excluding ortho intramolecular Hbond substituents is 1. The third kappa shape index (κ3) is 4.03. The van der Waals surface area contributed by atoms with Crippen LogP contribution in [0.25, 0.3) is 32.8 Å². The summed E-state index contributed by atoms with van der Waals surface area (Å²) in [6.07, 6.45) is 6.07. The Hall–Kier alpha value is -3.83. The standard InChI is InChI=1S/C37H38F3N5O3/c1-2-19-4-3-5-20-12-23(46)13-24(27(19)20)28-30(39)32-29-33(31(28)40)47-17-26-25-7-6-22(41-25)16-44(26)34(29)43-35(42-32)48-18-37-11-10-36(8-9-36)45(37)15-21(38)14-37/h3-5,12-13,21-22,25-26,41,46H,2,6-11,14-18H2,1H3/t21-,22?,25?,26?,37+/m1/s1. The van der Waals surface area contributed by atoms with Crippen LogP contribution in [0.15, 0.2) is 30.3 Å². The largest absolute Gasteiger partial charge is 0.508 e. The molecular weight excluding hydrogens is 619 g/mol. The second-order valence-corrected chi connectivity index (χ2v) is 15.0. The predicted molar refractivity (Wildman–Crippen MR) is 176 cm³/mol. The fraction of sp³-hybridized carbons (Fsp3) is 0.514. The highest BCUT2D eigenvalue weighted by molar-refractivity contribution is 6.05. The van der Waals surface area contributed by atoms with Crippen LogP contribution in [0.4, 0.5) is 19.0 Å². The van der Waals surface area contributed by atoms with E-state index in [9.17, 15) is 9.50 Å². The number of fused-ring (bicyclic) bond motifs is 8. The zero-order chi connectivity index (χ0) is 32.5. The molecule has 250 valence electrons. The number of aromatic hydroxyl groups is 1. The molecule has 5 atom stereocenters. The summed E-state index contributed by atoms with van der Waals surface area (Å²) in [6.45, 7) is 3.40. The zero-order valence-corrected chi connectivity index (χ0v) is 26.9. The van der Waals surface area contributed by atoms with Crippen LogP contribution >= 0.6 is 0 Å². The van der Waals surface area contributed by atoms with Gasteiger partial charge >= 0.3 is 6.01 Å². The maximum atomic E-state index is 17.2. The quantitative estimate of drug-likeness (QED) is 0.263. The number of aryl methyl sites for hydroxylation is 1. The Morgan fingerprint density at radius 2 is 1.92 bits per heavy atom. The summed E-state index contributed by atoms with van der Waals surface area (Å²) in [4.78, 5) is 14.0. The number of piperazine rings is 1. The Morgan fingerprint density at radius 1 is 1.06 bits per heavy atom. The van der Waals surface area contributed by atoms with Gasteiger partial charge in [0.15, 0.2) is 17.4 Å². The summed E-state index contributed by atoms with van der Waals surface area (Å²) >= 11 is 0. The molecule has 4 aromatic rings. The summed E-state index contributed by atoms with van der Waals surface area (Å²) in [5.41, 5.74) is 0.375. The van der Waals surface area contributed by atoms with Crippen molar-refractivity contribution in [3.05, 3.63) is 47.5 Å². The lowest BCUT2D eigenvalue weighted by atomic mass is 9.91. The normalized spacial score (nSPS) is 29.7. The highest BCUT2D eigenvalue weighted by Gasteiger charge is 2.64. The van der Waals surface area contributed by atoms with Crippen molar-refractivity contribution in [1.29, 1.82) is 0 Å². The third-order valence-corrected chi connectivity index (χ3v) is 12.3. The van der Waals surface area contributed by atoms with Gasteiger partial charge in [0, 0.05) is 37.1 Å². The van der Waals surface area contributed by atoms with E-state index in [0.29, 0.717) is 42.5 Å². The second kappa shape index (κ2) is 10.1. The van der Waals surface area contributed by atoms with Crippen LogP contribution in [0.5, 0.6) is 17.5 Å². The van der Waals surface area contributed by atoms with Crippen molar-refractivity contribution in [1.82, 2.24) is 20.2 Å². The Balaban J connectivity index is 1.17. The Kier molecular flexibility index (Phi) is 6.13. The number of nitrogens with zero attached hydrogens (tertiary/aromatic N) is 4. The van der Waals surface area contributed by atoms with Gasteiger partial charge in [-0.3, -0.25) is 4.90 Å². The molecular formula is C37H38F3N5O3. The Morgan fingerprint density at radius 3 is 2.75 bits per heavy atom. The van der Waals surface area contributed by atoms with E-state index >= 15 is 8.78 Å². The molecule has 3 aromatic carbocycles. The monoisotopic (exact) mass is 657 g/mol. The van der Waals surface area contributed by atoms with Crippen LogP contribution in [-0.2, 0) is 6.42 Å². The second-order valence-electron chi connectivity index (χ2n) is 15.0. The fourth-order valence-corrected chi connectivity index (χ4v) is 9.95. The minimum atomic E-state index is -0.918. The highest BCUT2D eigenvalue weighted by Crippen LogP contribution is 2.59. The number of ether oxygens (including phenoxy) is 2. The van der Waals surface area contributed by atoms with Crippen molar-refractivity contribution in [2.75, 3.05) is 31.2 Å². The van der Waals surface area contributed by atoms with Crippen molar-refractivity contribution < 1.29 is 27.8 Å². The molecule has 2 N–H and O–H groups in total. The lowest BCUT2D eigenvalue weighted by molar-refractivity contribution is 0.0773. The van der Waals surface area contributed by atoms with Crippen molar-refractivity contribution >= 4 is 27.5 Å². The first-order valence-corrected chi connectivity index (χ1v) is 17.5. The van der Waals surface area contributed by atoms with E-state index in [1.54, 1.807) is 6.07 Å². The Bertz CT molecular complexity index is 2020. The molecule has 10 rings (SSSR count). The van der Waals surface area contributed by atoms with E-state index in [4.69, 9.17) is 14.5 Å². The molecule has 11 heteroatoms. The Labute approximate surface area is 276 Å². The van der Waals surface area contributed by atoms with Gasteiger partial charge in [0.25, 0.3) is 0 Å². The summed E-state index contributed by atoms with van der Waals surface area (Å²) in [6, 6.07) is 8.84.